The van der Waals surface area contributed by atoms with Crippen LogP contribution in [0.15, 0.2) is 29.0 Å². The average molecular weight is 277 g/mol. The fourth-order valence-electron chi connectivity index (χ4n) is 1.47. The second-order valence-electron chi connectivity index (χ2n) is 3.82. The predicted molar refractivity (Wildman–Crippen MR) is 70.6 cm³/mol. The monoisotopic (exact) mass is 277 g/mol. The molecule has 2 rings (SSSR count). The van der Waals surface area contributed by atoms with Gasteiger partial charge in [-0.3, -0.25) is 0 Å². The number of aromatic nitrogens is 2. The zero-order valence-electron chi connectivity index (χ0n) is 11.3. The normalized spacial score (nSPS) is 10.1. The molecule has 0 aliphatic rings. The maximum atomic E-state index is 11.4. The molecule has 0 fully saturated rings. The van der Waals surface area contributed by atoms with Crippen LogP contribution in [0, 0.1) is 0 Å². The Morgan fingerprint density at radius 1 is 1.45 bits per heavy atom. The standard InChI is InChI=1S/C13H15N3O4/c1-3-19-12(17)10-8-20-13(16-10)15-7-9-4-5-11(18-2)14-6-9/h4-6,8H,3,7H2,1-2H3,(H,15,16). The molecule has 0 unspecified atom stereocenters. The molecule has 0 atom stereocenters. The molecule has 20 heavy (non-hydrogen) atoms. The summed E-state index contributed by atoms with van der Waals surface area (Å²) in [5.41, 5.74) is 1.07. The fraction of sp³-hybridized carbons (Fsp3) is 0.308. The highest BCUT2D eigenvalue weighted by Gasteiger charge is 2.12. The van der Waals surface area contributed by atoms with Crippen LogP contribution >= 0.6 is 0 Å². The molecular formula is C13H15N3O4. The number of rotatable bonds is 6. The van der Waals surface area contributed by atoms with Crippen LogP contribution in [-0.2, 0) is 11.3 Å². The van der Waals surface area contributed by atoms with Gasteiger partial charge in [-0.1, -0.05) is 6.07 Å². The van der Waals surface area contributed by atoms with Crippen LogP contribution < -0.4 is 10.1 Å². The van der Waals surface area contributed by atoms with Crippen LogP contribution in [0.3, 0.4) is 0 Å². The molecule has 7 heteroatoms. The average Bonchev–Trinajstić information content (AvgIpc) is 2.95. The van der Waals surface area contributed by atoms with Crippen LogP contribution in [0.4, 0.5) is 6.01 Å². The summed E-state index contributed by atoms with van der Waals surface area (Å²) in [5, 5.41) is 2.95. The molecule has 0 bridgehead atoms. The zero-order chi connectivity index (χ0) is 14.4. The summed E-state index contributed by atoms with van der Waals surface area (Å²) in [6, 6.07) is 3.88. The summed E-state index contributed by atoms with van der Waals surface area (Å²) < 4.78 is 14.9. The number of carbonyl (C=O) groups is 1. The molecule has 106 valence electrons. The Morgan fingerprint density at radius 3 is 2.95 bits per heavy atom. The molecular weight excluding hydrogens is 262 g/mol. The second kappa shape index (κ2) is 6.55. The fourth-order valence-corrected chi connectivity index (χ4v) is 1.47. The molecule has 0 spiro atoms. The summed E-state index contributed by atoms with van der Waals surface area (Å²) >= 11 is 0. The summed E-state index contributed by atoms with van der Waals surface area (Å²) in [5.74, 6) is 0.0462. The largest absolute Gasteiger partial charge is 0.481 e. The van der Waals surface area contributed by atoms with Gasteiger partial charge in [0.05, 0.1) is 13.7 Å². The first-order chi connectivity index (χ1) is 9.72. The van der Waals surface area contributed by atoms with E-state index in [2.05, 4.69) is 15.3 Å². The molecule has 0 aromatic carbocycles. The minimum absolute atomic E-state index is 0.141. The van der Waals surface area contributed by atoms with Crippen molar-refractivity contribution < 1.29 is 18.7 Å². The van der Waals surface area contributed by atoms with Crippen molar-refractivity contribution in [1.82, 2.24) is 9.97 Å². The minimum Gasteiger partial charge on any atom is -0.481 e. The Balaban J connectivity index is 1.91. The molecule has 1 N–H and O–H groups in total. The molecule has 0 radical (unpaired) electrons. The molecule has 2 heterocycles. The SMILES string of the molecule is CCOC(=O)c1coc(NCc2ccc(OC)nc2)n1. The third-order valence-corrected chi connectivity index (χ3v) is 2.44. The van der Waals surface area contributed by atoms with Gasteiger partial charge in [0.25, 0.3) is 6.01 Å². The van der Waals surface area contributed by atoms with Gasteiger partial charge in [0.2, 0.25) is 5.88 Å². The number of ether oxygens (including phenoxy) is 2. The lowest BCUT2D eigenvalue weighted by Gasteiger charge is -2.02. The Bertz CT molecular complexity index is 565. The highest BCUT2D eigenvalue weighted by Crippen LogP contribution is 2.11. The van der Waals surface area contributed by atoms with E-state index >= 15 is 0 Å². The molecule has 2 aromatic rings. The number of pyridine rings is 1. The van der Waals surface area contributed by atoms with Crippen molar-refractivity contribution in [2.45, 2.75) is 13.5 Å². The van der Waals surface area contributed by atoms with Crippen LogP contribution in [0.1, 0.15) is 23.0 Å². The van der Waals surface area contributed by atoms with Crippen molar-refractivity contribution in [3.63, 3.8) is 0 Å². The van der Waals surface area contributed by atoms with Crippen molar-refractivity contribution in [2.24, 2.45) is 0 Å². The molecule has 0 aliphatic heterocycles. The van der Waals surface area contributed by atoms with Crippen molar-refractivity contribution in [1.29, 1.82) is 0 Å². The maximum absolute atomic E-state index is 11.4. The Kier molecular flexibility index (Phi) is 4.54. The van der Waals surface area contributed by atoms with Gasteiger partial charge in [0, 0.05) is 18.8 Å². The van der Waals surface area contributed by atoms with E-state index < -0.39 is 5.97 Å². The predicted octanol–water partition coefficient (Wildman–Crippen LogP) is 1.87. The van der Waals surface area contributed by atoms with Crippen molar-refractivity contribution in [2.75, 3.05) is 19.0 Å². The molecule has 7 nitrogen and oxygen atoms in total. The first-order valence-corrected chi connectivity index (χ1v) is 6.08. The number of nitrogens with zero attached hydrogens (tertiary/aromatic N) is 2. The molecule has 0 aliphatic carbocycles. The summed E-state index contributed by atoms with van der Waals surface area (Å²) in [6.07, 6.45) is 2.94. The number of methoxy groups -OCH3 is 1. The third-order valence-electron chi connectivity index (χ3n) is 2.44. The van der Waals surface area contributed by atoms with E-state index in [-0.39, 0.29) is 11.7 Å². The van der Waals surface area contributed by atoms with E-state index in [4.69, 9.17) is 13.9 Å². The van der Waals surface area contributed by atoms with E-state index in [1.54, 1.807) is 26.3 Å². The van der Waals surface area contributed by atoms with Gasteiger partial charge in [-0.25, -0.2) is 9.78 Å². The number of nitrogens with one attached hydrogen (secondary N) is 1. The van der Waals surface area contributed by atoms with Gasteiger partial charge in [0.15, 0.2) is 5.69 Å². The number of esters is 1. The molecule has 0 saturated heterocycles. The topological polar surface area (TPSA) is 86.5 Å². The molecule has 0 amide bonds. The Morgan fingerprint density at radius 2 is 2.30 bits per heavy atom. The van der Waals surface area contributed by atoms with Gasteiger partial charge in [-0.05, 0) is 12.5 Å². The zero-order valence-corrected chi connectivity index (χ0v) is 11.3. The number of hydrogen-bond donors (Lipinski definition) is 1. The third kappa shape index (κ3) is 3.47. The van der Waals surface area contributed by atoms with Crippen molar-refractivity contribution >= 4 is 12.0 Å². The van der Waals surface area contributed by atoms with Crippen LogP contribution in [-0.4, -0.2) is 29.7 Å². The highest BCUT2D eigenvalue weighted by atomic mass is 16.5. The van der Waals surface area contributed by atoms with Crippen LogP contribution in [0.25, 0.3) is 0 Å². The van der Waals surface area contributed by atoms with E-state index in [0.717, 1.165) is 5.56 Å². The minimum atomic E-state index is -0.504. The van der Waals surface area contributed by atoms with E-state index in [1.807, 2.05) is 6.07 Å². The lowest BCUT2D eigenvalue weighted by atomic mass is 10.3. The quantitative estimate of drug-likeness (QED) is 0.806. The summed E-state index contributed by atoms with van der Waals surface area (Å²) in [7, 11) is 1.56. The summed E-state index contributed by atoms with van der Waals surface area (Å²) in [6.45, 7) is 2.50. The van der Waals surface area contributed by atoms with Gasteiger partial charge in [-0.15, -0.1) is 0 Å². The lowest BCUT2D eigenvalue weighted by Crippen LogP contribution is -2.05. The number of oxazole rings is 1. The first-order valence-electron chi connectivity index (χ1n) is 6.08. The Labute approximate surface area is 115 Å². The first kappa shape index (κ1) is 13.9. The lowest BCUT2D eigenvalue weighted by molar-refractivity contribution is 0.0519. The van der Waals surface area contributed by atoms with Gasteiger partial charge in [-0.2, -0.15) is 4.98 Å². The molecule has 2 aromatic heterocycles. The van der Waals surface area contributed by atoms with Gasteiger partial charge in [0.1, 0.15) is 6.26 Å². The van der Waals surface area contributed by atoms with E-state index in [1.165, 1.54) is 6.26 Å². The smallest absolute Gasteiger partial charge is 0.360 e. The highest BCUT2D eigenvalue weighted by molar-refractivity contribution is 5.87. The number of anilines is 1. The Hall–Kier alpha value is -2.57. The van der Waals surface area contributed by atoms with Crippen molar-refractivity contribution in [3.05, 3.63) is 35.9 Å². The van der Waals surface area contributed by atoms with E-state index in [0.29, 0.717) is 19.0 Å². The van der Waals surface area contributed by atoms with Crippen LogP contribution in [0.5, 0.6) is 5.88 Å². The summed E-state index contributed by atoms with van der Waals surface area (Å²) in [4.78, 5) is 19.5. The van der Waals surface area contributed by atoms with Crippen LogP contribution in [0.2, 0.25) is 0 Å². The van der Waals surface area contributed by atoms with Crippen molar-refractivity contribution in [3.8, 4) is 5.88 Å². The second-order valence-corrected chi connectivity index (χ2v) is 3.82. The number of hydrogen-bond acceptors (Lipinski definition) is 7. The molecule has 0 saturated carbocycles. The maximum Gasteiger partial charge on any atom is 0.360 e. The van der Waals surface area contributed by atoms with Gasteiger partial charge >= 0.3 is 5.97 Å². The van der Waals surface area contributed by atoms with Gasteiger partial charge < -0.3 is 19.2 Å². The van der Waals surface area contributed by atoms with E-state index in [9.17, 15) is 4.79 Å². The number of carbonyl (C=O) groups excluding carboxylic acids is 1.